The van der Waals surface area contributed by atoms with Crippen LogP contribution in [-0.4, -0.2) is 38.1 Å². The number of fused-ring (bicyclic) bond motifs is 1. The van der Waals surface area contributed by atoms with Gasteiger partial charge in [-0.3, -0.25) is 9.20 Å². The lowest BCUT2D eigenvalue weighted by Crippen LogP contribution is -2.25. The Kier molecular flexibility index (Phi) is 5.19. The lowest BCUT2D eigenvalue weighted by Gasteiger charge is -2.05. The van der Waals surface area contributed by atoms with E-state index >= 15 is 0 Å². The summed E-state index contributed by atoms with van der Waals surface area (Å²) < 4.78 is 4.07. The molecule has 25 heavy (non-hydrogen) atoms. The molecule has 2 N–H and O–H groups in total. The van der Waals surface area contributed by atoms with E-state index < -0.39 is 0 Å². The molecule has 0 aliphatic heterocycles. The fraction of sp³-hybridized carbons (Fsp3) is 0.368. The molecule has 3 rings (SSSR count). The SMILES string of the molecule is CC(C)n1ccc(-c2nc(C(=O)NCCCCO)c3ccccn23)c1. The number of amides is 1. The van der Waals surface area contributed by atoms with E-state index in [1.807, 2.05) is 41.1 Å². The van der Waals surface area contributed by atoms with Crippen molar-refractivity contribution in [3.8, 4) is 11.4 Å². The van der Waals surface area contributed by atoms with Crippen molar-refractivity contribution in [3.63, 3.8) is 0 Å². The van der Waals surface area contributed by atoms with E-state index in [9.17, 15) is 4.79 Å². The van der Waals surface area contributed by atoms with E-state index in [1.54, 1.807) is 0 Å². The molecule has 132 valence electrons. The van der Waals surface area contributed by atoms with Crippen LogP contribution in [0.4, 0.5) is 0 Å². The Bertz CT molecular complexity index is 863. The number of aliphatic hydroxyl groups excluding tert-OH is 1. The molecule has 0 spiro atoms. The van der Waals surface area contributed by atoms with Crippen LogP contribution in [0.25, 0.3) is 16.9 Å². The summed E-state index contributed by atoms with van der Waals surface area (Å²) in [4.78, 5) is 17.1. The zero-order chi connectivity index (χ0) is 17.8. The highest BCUT2D eigenvalue weighted by Gasteiger charge is 2.18. The summed E-state index contributed by atoms with van der Waals surface area (Å²) in [7, 11) is 0. The predicted octanol–water partition coefficient (Wildman–Crippen LogP) is 2.89. The highest BCUT2D eigenvalue weighted by atomic mass is 16.3. The molecule has 0 unspecified atom stereocenters. The van der Waals surface area contributed by atoms with Crippen molar-refractivity contribution in [2.24, 2.45) is 0 Å². The minimum absolute atomic E-state index is 0.139. The molecule has 3 heterocycles. The molecular formula is C19H24N4O2. The first-order chi connectivity index (χ1) is 12.1. The second-order valence-electron chi connectivity index (χ2n) is 6.37. The summed E-state index contributed by atoms with van der Waals surface area (Å²) in [6.07, 6.45) is 7.43. The number of hydrogen-bond acceptors (Lipinski definition) is 3. The molecule has 3 aromatic heterocycles. The molecule has 1 amide bonds. The van der Waals surface area contributed by atoms with Crippen molar-refractivity contribution in [3.05, 3.63) is 48.5 Å². The number of carbonyl (C=O) groups is 1. The van der Waals surface area contributed by atoms with Gasteiger partial charge in [0.1, 0.15) is 5.82 Å². The summed E-state index contributed by atoms with van der Waals surface area (Å²) in [5, 5.41) is 11.7. The van der Waals surface area contributed by atoms with E-state index in [4.69, 9.17) is 5.11 Å². The van der Waals surface area contributed by atoms with E-state index in [2.05, 4.69) is 34.9 Å². The first kappa shape index (κ1) is 17.2. The van der Waals surface area contributed by atoms with Crippen molar-refractivity contribution in [1.29, 1.82) is 0 Å². The average Bonchev–Trinajstić information content (AvgIpc) is 3.23. The number of hydrogen-bond donors (Lipinski definition) is 2. The molecule has 0 aliphatic carbocycles. The molecule has 6 heteroatoms. The van der Waals surface area contributed by atoms with Gasteiger partial charge in [0, 0.05) is 43.3 Å². The Balaban J connectivity index is 1.93. The van der Waals surface area contributed by atoms with Gasteiger partial charge in [0.2, 0.25) is 0 Å². The minimum atomic E-state index is -0.184. The molecule has 0 aromatic carbocycles. The number of nitrogens with one attached hydrogen (secondary N) is 1. The second-order valence-corrected chi connectivity index (χ2v) is 6.37. The minimum Gasteiger partial charge on any atom is -0.396 e. The number of imidazole rings is 1. The van der Waals surface area contributed by atoms with Gasteiger partial charge in [0.15, 0.2) is 5.69 Å². The number of rotatable bonds is 7. The standard InChI is InChI=1S/C19H24N4O2/c1-14(2)22-11-8-15(13-22)18-21-17(16-7-3-5-10-23(16)18)19(25)20-9-4-6-12-24/h3,5,7-8,10-11,13-14,24H,4,6,9,12H2,1-2H3,(H,20,25). The molecular weight excluding hydrogens is 316 g/mol. The van der Waals surface area contributed by atoms with E-state index in [0.717, 1.165) is 23.3 Å². The molecule has 0 saturated carbocycles. The van der Waals surface area contributed by atoms with Crippen LogP contribution in [0.3, 0.4) is 0 Å². The topological polar surface area (TPSA) is 71.6 Å². The van der Waals surface area contributed by atoms with E-state index in [0.29, 0.717) is 24.7 Å². The Morgan fingerprint density at radius 1 is 1.24 bits per heavy atom. The Labute approximate surface area is 147 Å². The van der Waals surface area contributed by atoms with Crippen LogP contribution in [0.1, 0.15) is 43.2 Å². The number of nitrogens with zero attached hydrogens (tertiary/aromatic N) is 3. The molecule has 3 aromatic rings. The lowest BCUT2D eigenvalue weighted by molar-refractivity contribution is 0.0949. The van der Waals surface area contributed by atoms with Gasteiger partial charge in [-0.25, -0.2) is 4.98 Å². The fourth-order valence-corrected chi connectivity index (χ4v) is 2.80. The smallest absolute Gasteiger partial charge is 0.272 e. The number of aliphatic hydroxyl groups is 1. The van der Waals surface area contributed by atoms with Crippen LogP contribution in [0.2, 0.25) is 0 Å². The average molecular weight is 340 g/mol. The van der Waals surface area contributed by atoms with Gasteiger partial charge in [-0.05, 0) is 44.9 Å². The van der Waals surface area contributed by atoms with Crippen LogP contribution in [0, 0.1) is 0 Å². The van der Waals surface area contributed by atoms with Gasteiger partial charge in [0.25, 0.3) is 5.91 Å². The molecule has 0 fully saturated rings. The van der Waals surface area contributed by atoms with Gasteiger partial charge in [-0.15, -0.1) is 0 Å². The zero-order valence-electron chi connectivity index (χ0n) is 14.6. The second kappa shape index (κ2) is 7.53. The molecule has 0 atom stereocenters. The van der Waals surface area contributed by atoms with Gasteiger partial charge in [-0.2, -0.15) is 0 Å². The van der Waals surface area contributed by atoms with Crippen LogP contribution >= 0.6 is 0 Å². The normalized spacial score (nSPS) is 11.4. The maximum atomic E-state index is 12.5. The van der Waals surface area contributed by atoms with Crippen molar-refractivity contribution in [1.82, 2.24) is 19.3 Å². The molecule has 0 saturated heterocycles. The summed E-state index contributed by atoms with van der Waals surface area (Å²) in [6, 6.07) is 8.13. The zero-order valence-corrected chi connectivity index (χ0v) is 14.6. The van der Waals surface area contributed by atoms with Crippen LogP contribution in [0.5, 0.6) is 0 Å². The van der Waals surface area contributed by atoms with Crippen LogP contribution in [-0.2, 0) is 0 Å². The number of aromatic nitrogens is 3. The summed E-state index contributed by atoms with van der Waals surface area (Å²) in [6.45, 7) is 4.92. The quantitative estimate of drug-likeness (QED) is 0.650. The molecule has 6 nitrogen and oxygen atoms in total. The number of carbonyl (C=O) groups excluding carboxylic acids is 1. The van der Waals surface area contributed by atoms with Crippen molar-refractivity contribution >= 4 is 11.4 Å². The summed E-state index contributed by atoms with van der Waals surface area (Å²) in [5.41, 5.74) is 2.19. The highest BCUT2D eigenvalue weighted by molar-refractivity contribution is 6.00. The summed E-state index contributed by atoms with van der Waals surface area (Å²) in [5.74, 6) is 0.576. The maximum Gasteiger partial charge on any atom is 0.272 e. The van der Waals surface area contributed by atoms with Gasteiger partial charge < -0.3 is 15.0 Å². The number of unbranched alkanes of at least 4 members (excludes halogenated alkanes) is 1. The molecule has 0 aliphatic rings. The van der Waals surface area contributed by atoms with E-state index in [1.165, 1.54) is 0 Å². The lowest BCUT2D eigenvalue weighted by atomic mass is 10.3. The van der Waals surface area contributed by atoms with Gasteiger partial charge in [0.05, 0.1) is 5.52 Å². The monoisotopic (exact) mass is 340 g/mol. The van der Waals surface area contributed by atoms with Crippen molar-refractivity contribution in [2.45, 2.75) is 32.7 Å². The maximum absolute atomic E-state index is 12.5. The van der Waals surface area contributed by atoms with Crippen LogP contribution in [0.15, 0.2) is 42.9 Å². The third kappa shape index (κ3) is 3.58. The predicted molar refractivity (Wildman–Crippen MR) is 97.7 cm³/mol. The van der Waals surface area contributed by atoms with Gasteiger partial charge in [-0.1, -0.05) is 6.07 Å². The first-order valence-electron chi connectivity index (χ1n) is 8.66. The fourth-order valence-electron chi connectivity index (χ4n) is 2.80. The van der Waals surface area contributed by atoms with Crippen molar-refractivity contribution in [2.75, 3.05) is 13.2 Å². The van der Waals surface area contributed by atoms with E-state index in [-0.39, 0.29) is 12.5 Å². The Hall–Kier alpha value is -2.60. The number of pyridine rings is 1. The van der Waals surface area contributed by atoms with Crippen LogP contribution < -0.4 is 5.32 Å². The van der Waals surface area contributed by atoms with Gasteiger partial charge >= 0.3 is 0 Å². The molecule has 0 radical (unpaired) electrons. The third-order valence-corrected chi connectivity index (χ3v) is 4.20. The van der Waals surface area contributed by atoms with Crippen molar-refractivity contribution < 1.29 is 9.90 Å². The molecule has 0 bridgehead atoms. The third-order valence-electron chi connectivity index (χ3n) is 4.20. The Morgan fingerprint density at radius 3 is 2.80 bits per heavy atom. The Morgan fingerprint density at radius 2 is 2.08 bits per heavy atom. The highest BCUT2D eigenvalue weighted by Crippen LogP contribution is 2.24. The largest absolute Gasteiger partial charge is 0.396 e. The summed E-state index contributed by atoms with van der Waals surface area (Å²) >= 11 is 0. The first-order valence-corrected chi connectivity index (χ1v) is 8.66.